The molecule has 3 aromatic rings. The monoisotopic (exact) mass is 313 g/mol. The lowest BCUT2D eigenvalue weighted by molar-refractivity contribution is 0.347. The van der Waals surface area contributed by atoms with Gasteiger partial charge in [-0.15, -0.1) is 0 Å². The molecule has 2 N–H and O–H groups in total. The highest BCUT2D eigenvalue weighted by Gasteiger charge is 2.28. The van der Waals surface area contributed by atoms with Gasteiger partial charge in [0.2, 0.25) is 5.88 Å². The number of anilines is 2. The van der Waals surface area contributed by atoms with Crippen LogP contribution in [0.5, 0.6) is 5.88 Å². The SMILES string of the molecule is COc1c(Nc2nc(C3CC3)nc3cn[nH]c23)cnn1C(C)C. The summed E-state index contributed by atoms with van der Waals surface area (Å²) in [6, 6.07) is 0.208. The second-order valence-electron chi connectivity index (χ2n) is 6.07. The predicted octanol–water partition coefficient (Wildman–Crippen LogP) is 2.76. The summed E-state index contributed by atoms with van der Waals surface area (Å²) in [5.41, 5.74) is 2.38. The van der Waals surface area contributed by atoms with Gasteiger partial charge in [0.25, 0.3) is 0 Å². The summed E-state index contributed by atoms with van der Waals surface area (Å²) in [6.45, 7) is 4.12. The smallest absolute Gasteiger partial charge is 0.236 e. The summed E-state index contributed by atoms with van der Waals surface area (Å²) in [7, 11) is 1.64. The number of H-pyrrole nitrogens is 1. The van der Waals surface area contributed by atoms with Crippen LogP contribution in [0.15, 0.2) is 12.4 Å². The van der Waals surface area contributed by atoms with E-state index >= 15 is 0 Å². The first-order valence-corrected chi connectivity index (χ1v) is 7.77. The first kappa shape index (κ1) is 14.0. The molecule has 0 aliphatic heterocycles. The quantitative estimate of drug-likeness (QED) is 0.752. The van der Waals surface area contributed by atoms with Crippen LogP contribution in [0.1, 0.15) is 44.5 Å². The summed E-state index contributed by atoms with van der Waals surface area (Å²) in [5.74, 6) is 2.72. The molecule has 0 radical (unpaired) electrons. The Morgan fingerprint density at radius 3 is 2.83 bits per heavy atom. The molecule has 0 spiro atoms. The average Bonchev–Trinajstić information content (AvgIpc) is 3.13. The molecule has 1 aliphatic carbocycles. The maximum atomic E-state index is 5.50. The third-order valence-corrected chi connectivity index (χ3v) is 3.95. The standard InChI is InChI=1S/C15H19N7O/c1-8(2)22-15(23-3)11(7-17-22)19-14-12-10(6-16-21-12)18-13(20-14)9-4-5-9/h6-9H,4-5H2,1-3H3,(H,16,21)(H,18,19,20). The molecule has 3 heterocycles. The molecular weight excluding hydrogens is 294 g/mol. The second-order valence-corrected chi connectivity index (χ2v) is 6.07. The van der Waals surface area contributed by atoms with E-state index in [4.69, 9.17) is 4.74 Å². The number of aromatic amines is 1. The number of fused-ring (bicyclic) bond motifs is 1. The minimum absolute atomic E-state index is 0.208. The minimum atomic E-state index is 0.208. The fraction of sp³-hybridized carbons (Fsp3) is 0.467. The van der Waals surface area contributed by atoms with Crippen LogP contribution in [0.25, 0.3) is 11.0 Å². The zero-order valence-corrected chi connectivity index (χ0v) is 13.4. The predicted molar refractivity (Wildman–Crippen MR) is 86.1 cm³/mol. The van der Waals surface area contributed by atoms with Gasteiger partial charge < -0.3 is 10.1 Å². The number of nitrogens with one attached hydrogen (secondary N) is 2. The van der Waals surface area contributed by atoms with Crippen LogP contribution < -0.4 is 10.1 Å². The lowest BCUT2D eigenvalue weighted by Crippen LogP contribution is -2.06. The van der Waals surface area contributed by atoms with E-state index in [-0.39, 0.29) is 6.04 Å². The Kier molecular flexibility index (Phi) is 3.17. The first-order chi connectivity index (χ1) is 11.2. The van der Waals surface area contributed by atoms with Gasteiger partial charge in [0.15, 0.2) is 5.82 Å². The van der Waals surface area contributed by atoms with E-state index in [2.05, 4.69) is 44.4 Å². The molecule has 23 heavy (non-hydrogen) atoms. The Balaban J connectivity index is 1.76. The van der Waals surface area contributed by atoms with Crippen molar-refractivity contribution in [2.45, 2.75) is 38.6 Å². The van der Waals surface area contributed by atoms with Crippen LogP contribution in [-0.4, -0.2) is 37.1 Å². The molecule has 0 atom stereocenters. The van der Waals surface area contributed by atoms with Crippen LogP contribution in [-0.2, 0) is 0 Å². The van der Waals surface area contributed by atoms with Crippen LogP contribution in [0, 0.1) is 0 Å². The summed E-state index contributed by atoms with van der Waals surface area (Å²) in [6.07, 6.45) is 5.78. The van der Waals surface area contributed by atoms with Gasteiger partial charge in [-0.05, 0) is 26.7 Å². The van der Waals surface area contributed by atoms with Crippen molar-refractivity contribution in [1.29, 1.82) is 0 Å². The Hall–Kier alpha value is -2.64. The molecule has 4 rings (SSSR count). The zero-order valence-electron chi connectivity index (χ0n) is 13.4. The van der Waals surface area contributed by atoms with Gasteiger partial charge in [-0.3, -0.25) is 5.10 Å². The van der Waals surface area contributed by atoms with E-state index in [0.717, 1.165) is 35.4 Å². The molecule has 0 saturated heterocycles. The summed E-state index contributed by atoms with van der Waals surface area (Å²) < 4.78 is 7.33. The fourth-order valence-corrected chi connectivity index (χ4v) is 2.61. The number of hydrogen-bond acceptors (Lipinski definition) is 6. The molecule has 0 aromatic carbocycles. The Bertz CT molecular complexity index is 847. The maximum Gasteiger partial charge on any atom is 0.236 e. The zero-order chi connectivity index (χ0) is 16.0. The molecule has 8 nitrogen and oxygen atoms in total. The Morgan fingerprint density at radius 2 is 2.13 bits per heavy atom. The normalized spacial score (nSPS) is 14.6. The molecule has 1 saturated carbocycles. The van der Waals surface area contributed by atoms with Crippen LogP contribution in [0.4, 0.5) is 11.5 Å². The molecule has 0 amide bonds. The van der Waals surface area contributed by atoms with Gasteiger partial charge in [-0.1, -0.05) is 0 Å². The number of methoxy groups -OCH3 is 1. The third-order valence-electron chi connectivity index (χ3n) is 3.95. The third kappa shape index (κ3) is 2.39. The van der Waals surface area contributed by atoms with E-state index < -0.39 is 0 Å². The van der Waals surface area contributed by atoms with Crippen molar-refractivity contribution >= 4 is 22.5 Å². The number of hydrogen-bond donors (Lipinski definition) is 2. The van der Waals surface area contributed by atoms with Crippen LogP contribution in [0.2, 0.25) is 0 Å². The van der Waals surface area contributed by atoms with E-state index in [9.17, 15) is 0 Å². The van der Waals surface area contributed by atoms with E-state index in [1.165, 1.54) is 0 Å². The lowest BCUT2D eigenvalue weighted by Gasteiger charge is -2.12. The average molecular weight is 313 g/mol. The summed E-state index contributed by atoms with van der Waals surface area (Å²) >= 11 is 0. The van der Waals surface area contributed by atoms with Crippen molar-refractivity contribution in [2.24, 2.45) is 0 Å². The fourth-order valence-electron chi connectivity index (χ4n) is 2.61. The largest absolute Gasteiger partial charge is 0.480 e. The number of nitrogens with zero attached hydrogens (tertiary/aromatic N) is 5. The van der Waals surface area contributed by atoms with Gasteiger partial charge in [0.05, 0.1) is 25.5 Å². The van der Waals surface area contributed by atoms with E-state index in [0.29, 0.717) is 17.6 Å². The highest BCUT2D eigenvalue weighted by Crippen LogP contribution is 2.40. The van der Waals surface area contributed by atoms with Crippen molar-refractivity contribution in [3.8, 4) is 5.88 Å². The summed E-state index contributed by atoms with van der Waals surface area (Å²) in [5, 5.41) is 14.7. The minimum Gasteiger partial charge on any atom is -0.480 e. The number of ether oxygens (including phenoxy) is 1. The van der Waals surface area contributed by atoms with Crippen molar-refractivity contribution in [1.82, 2.24) is 29.9 Å². The van der Waals surface area contributed by atoms with Crippen molar-refractivity contribution in [3.05, 3.63) is 18.2 Å². The highest BCUT2D eigenvalue weighted by atomic mass is 16.5. The maximum absolute atomic E-state index is 5.50. The summed E-state index contributed by atoms with van der Waals surface area (Å²) in [4.78, 5) is 9.25. The van der Waals surface area contributed by atoms with Crippen LogP contribution >= 0.6 is 0 Å². The van der Waals surface area contributed by atoms with Gasteiger partial charge in [-0.25, -0.2) is 14.6 Å². The molecule has 1 aliphatic rings. The highest BCUT2D eigenvalue weighted by molar-refractivity contribution is 5.87. The Morgan fingerprint density at radius 1 is 1.30 bits per heavy atom. The number of rotatable bonds is 5. The Labute approximate surface area is 133 Å². The van der Waals surface area contributed by atoms with Crippen molar-refractivity contribution < 1.29 is 4.74 Å². The van der Waals surface area contributed by atoms with Gasteiger partial charge in [0, 0.05) is 5.92 Å². The lowest BCUT2D eigenvalue weighted by atomic mass is 10.3. The molecular formula is C15H19N7O. The molecule has 120 valence electrons. The molecule has 0 unspecified atom stereocenters. The topological polar surface area (TPSA) is 93.5 Å². The van der Waals surface area contributed by atoms with Crippen LogP contribution in [0.3, 0.4) is 0 Å². The van der Waals surface area contributed by atoms with E-state index in [1.54, 1.807) is 19.5 Å². The molecule has 1 fully saturated rings. The van der Waals surface area contributed by atoms with Crippen molar-refractivity contribution in [2.75, 3.05) is 12.4 Å². The van der Waals surface area contributed by atoms with Gasteiger partial charge in [-0.2, -0.15) is 10.2 Å². The van der Waals surface area contributed by atoms with Gasteiger partial charge >= 0.3 is 0 Å². The molecule has 0 bridgehead atoms. The van der Waals surface area contributed by atoms with Crippen molar-refractivity contribution in [3.63, 3.8) is 0 Å². The van der Waals surface area contributed by atoms with E-state index in [1.807, 2.05) is 4.68 Å². The number of aromatic nitrogens is 6. The van der Waals surface area contributed by atoms with Gasteiger partial charge in [0.1, 0.15) is 22.5 Å². The second kappa shape index (κ2) is 5.22. The molecule has 8 heteroatoms. The first-order valence-electron chi connectivity index (χ1n) is 7.77. The molecule has 3 aromatic heterocycles.